The van der Waals surface area contributed by atoms with Crippen molar-refractivity contribution in [2.75, 3.05) is 20.8 Å². The number of likely N-dealkylation sites (tertiary alicyclic amines) is 1. The Kier molecular flexibility index (Phi) is 5.46. The van der Waals surface area contributed by atoms with E-state index in [0.29, 0.717) is 31.0 Å². The second-order valence-electron chi connectivity index (χ2n) is 7.23. The van der Waals surface area contributed by atoms with Gasteiger partial charge in [-0.1, -0.05) is 30.3 Å². The molecule has 1 aromatic heterocycles. The van der Waals surface area contributed by atoms with Crippen LogP contribution in [0.4, 0.5) is 0 Å². The summed E-state index contributed by atoms with van der Waals surface area (Å²) in [5.74, 6) is 1.61. The third-order valence-electron chi connectivity index (χ3n) is 5.33. The van der Waals surface area contributed by atoms with Gasteiger partial charge < -0.3 is 19.5 Å². The average molecular weight is 395 g/mol. The lowest BCUT2D eigenvalue weighted by Crippen LogP contribution is -2.28. The zero-order valence-electron chi connectivity index (χ0n) is 16.5. The van der Waals surface area contributed by atoms with Crippen molar-refractivity contribution in [1.82, 2.24) is 20.1 Å². The number of hydrogen-bond acceptors (Lipinski definition) is 6. The summed E-state index contributed by atoms with van der Waals surface area (Å²) in [6, 6.07) is 9.98. The van der Waals surface area contributed by atoms with Gasteiger partial charge in [0.2, 0.25) is 0 Å². The van der Waals surface area contributed by atoms with Crippen LogP contribution in [0.5, 0.6) is 0 Å². The van der Waals surface area contributed by atoms with E-state index >= 15 is 0 Å². The van der Waals surface area contributed by atoms with Gasteiger partial charge >= 0.3 is 0 Å². The molecule has 2 aromatic rings. The molecule has 1 fully saturated rings. The number of nitrogens with one attached hydrogen (secondary N) is 2. The predicted molar refractivity (Wildman–Crippen MR) is 107 cm³/mol. The first-order valence-electron chi connectivity index (χ1n) is 9.57. The SMILES string of the molecule is COC1=CC(N2CC(O)C(c3n[nH]c(Cc4ccccc4)n3)C2=N)=CC(OC)C1. The largest absolute Gasteiger partial charge is 0.501 e. The number of hydrogen-bond donors (Lipinski definition) is 3. The van der Waals surface area contributed by atoms with Gasteiger partial charge in [0.25, 0.3) is 0 Å². The molecule has 1 aliphatic heterocycles. The molecule has 0 saturated carbocycles. The second-order valence-corrected chi connectivity index (χ2v) is 7.23. The summed E-state index contributed by atoms with van der Waals surface area (Å²) >= 11 is 0. The summed E-state index contributed by atoms with van der Waals surface area (Å²) in [7, 11) is 3.27. The van der Waals surface area contributed by atoms with E-state index in [1.54, 1.807) is 19.1 Å². The zero-order chi connectivity index (χ0) is 20.4. The molecule has 0 radical (unpaired) electrons. The number of nitrogens with zero attached hydrogens (tertiary/aromatic N) is 3. The van der Waals surface area contributed by atoms with Crippen LogP contribution in [0.1, 0.15) is 29.6 Å². The van der Waals surface area contributed by atoms with Crippen molar-refractivity contribution in [2.45, 2.75) is 31.0 Å². The molecule has 8 nitrogen and oxygen atoms in total. The van der Waals surface area contributed by atoms with Crippen LogP contribution < -0.4 is 0 Å². The Morgan fingerprint density at radius 1 is 1.28 bits per heavy atom. The summed E-state index contributed by atoms with van der Waals surface area (Å²) in [6.45, 7) is 0.293. The number of allylic oxidation sites excluding steroid dienone is 1. The number of methoxy groups -OCH3 is 2. The fraction of sp³-hybridized carbons (Fsp3) is 0.381. The first-order chi connectivity index (χ1) is 14.1. The Balaban J connectivity index is 1.54. The van der Waals surface area contributed by atoms with E-state index in [2.05, 4.69) is 15.2 Å². The molecule has 0 amide bonds. The summed E-state index contributed by atoms with van der Waals surface area (Å²) < 4.78 is 10.9. The number of aromatic nitrogens is 3. The van der Waals surface area contributed by atoms with Gasteiger partial charge in [-0.3, -0.25) is 10.5 Å². The molecule has 3 unspecified atom stereocenters. The summed E-state index contributed by atoms with van der Waals surface area (Å²) in [5, 5.41) is 26.6. The summed E-state index contributed by atoms with van der Waals surface area (Å²) in [6.07, 6.45) is 4.20. The third kappa shape index (κ3) is 3.94. The molecule has 3 N–H and O–H groups in total. The topological polar surface area (TPSA) is 107 Å². The third-order valence-corrected chi connectivity index (χ3v) is 5.33. The number of rotatable bonds is 6. The van der Waals surface area contributed by atoms with E-state index in [0.717, 1.165) is 17.0 Å². The molecule has 0 bridgehead atoms. The number of aliphatic hydroxyl groups is 1. The van der Waals surface area contributed by atoms with Crippen molar-refractivity contribution in [3.05, 3.63) is 71.2 Å². The van der Waals surface area contributed by atoms with E-state index in [1.165, 1.54) is 0 Å². The van der Waals surface area contributed by atoms with Gasteiger partial charge in [-0.15, -0.1) is 0 Å². The van der Waals surface area contributed by atoms with Crippen molar-refractivity contribution >= 4 is 5.84 Å². The lowest BCUT2D eigenvalue weighted by Gasteiger charge is -2.26. The minimum Gasteiger partial charge on any atom is -0.501 e. The van der Waals surface area contributed by atoms with Crippen LogP contribution in [0, 0.1) is 5.41 Å². The Labute approximate surface area is 169 Å². The monoisotopic (exact) mass is 395 g/mol. The van der Waals surface area contributed by atoms with Crippen molar-refractivity contribution in [1.29, 1.82) is 5.41 Å². The Morgan fingerprint density at radius 2 is 2.07 bits per heavy atom. The number of amidine groups is 1. The van der Waals surface area contributed by atoms with Gasteiger partial charge in [0.15, 0.2) is 5.82 Å². The van der Waals surface area contributed by atoms with Crippen LogP contribution in [-0.2, 0) is 15.9 Å². The summed E-state index contributed by atoms with van der Waals surface area (Å²) in [4.78, 5) is 6.32. The van der Waals surface area contributed by atoms with Crippen molar-refractivity contribution < 1.29 is 14.6 Å². The molecular formula is C21H25N5O3. The lowest BCUT2D eigenvalue weighted by atomic mass is 10.0. The Hall–Kier alpha value is -2.97. The maximum atomic E-state index is 10.7. The highest BCUT2D eigenvalue weighted by molar-refractivity contribution is 5.90. The highest BCUT2D eigenvalue weighted by atomic mass is 16.5. The van der Waals surface area contributed by atoms with E-state index in [1.807, 2.05) is 42.5 Å². The van der Waals surface area contributed by atoms with E-state index in [4.69, 9.17) is 14.9 Å². The Morgan fingerprint density at radius 3 is 2.79 bits per heavy atom. The molecule has 3 atom stereocenters. The molecule has 0 spiro atoms. The second kappa shape index (κ2) is 8.18. The molecule has 1 aromatic carbocycles. The fourth-order valence-corrected chi connectivity index (χ4v) is 3.78. The van der Waals surface area contributed by atoms with Gasteiger partial charge in [-0.05, 0) is 17.7 Å². The standard InChI is InChI=1S/C21H25N5O3/c1-28-15-9-14(10-16(11-15)29-2)26-12-17(27)19(20(26)22)21-23-18(24-25-21)8-13-6-4-3-5-7-13/h3-7,9-10,15,17,19,22,27H,8,11-12H2,1-2H3,(H,23,24,25). The number of aliphatic hydroxyl groups excluding tert-OH is 1. The molecule has 2 heterocycles. The van der Waals surface area contributed by atoms with Gasteiger partial charge in [-0.2, -0.15) is 5.10 Å². The van der Waals surface area contributed by atoms with E-state index in [-0.39, 0.29) is 11.9 Å². The number of benzene rings is 1. The molecule has 152 valence electrons. The van der Waals surface area contributed by atoms with Crippen LogP contribution in [0.15, 0.2) is 53.9 Å². The zero-order valence-corrected chi connectivity index (χ0v) is 16.5. The van der Waals surface area contributed by atoms with Crippen LogP contribution in [0.3, 0.4) is 0 Å². The quantitative estimate of drug-likeness (QED) is 0.690. The van der Waals surface area contributed by atoms with Crippen molar-refractivity contribution in [3.63, 3.8) is 0 Å². The van der Waals surface area contributed by atoms with Crippen molar-refractivity contribution in [3.8, 4) is 0 Å². The maximum absolute atomic E-state index is 10.7. The highest BCUT2D eigenvalue weighted by Gasteiger charge is 2.41. The fourth-order valence-electron chi connectivity index (χ4n) is 3.78. The normalized spacial score (nSPS) is 24.4. The van der Waals surface area contributed by atoms with Gasteiger partial charge in [0.05, 0.1) is 25.9 Å². The summed E-state index contributed by atoms with van der Waals surface area (Å²) in [5.41, 5.74) is 1.90. The molecular weight excluding hydrogens is 370 g/mol. The van der Waals surface area contributed by atoms with Gasteiger partial charge in [0.1, 0.15) is 23.3 Å². The molecule has 4 rings (SSSR count). The Bertz CT molecular complexity index is 937. The first-order valence-corrected chi connectivity index (χ1v) is 9.57. The molecule has 29 heavy (non-hydrogen) atoms. The van der Waals surface area contributed by atoms with Crippen molar-refractivity contribution in [2.24, 2.45) is 0 Å². The van der Waals surface area contributed by atoms with E-state index in [9.17, 15) is 5.11 Å². The van der Waals surface area contributed by atoms with Crippen LogP contribution >= 0.6 is 0 Å². The van der Waals surface area contributed by atoms with Crippen LogP contribution in [0.25, 0.3) is 0 Å². The van der Waals surface area contributed by atoms with Crippen LogP contribution in [0.2, 0.25) is 0 Å². The van der Waals surface area contributed by atoms with Gasteiger partial charge in [0, 0.05) is 25.6 Å². The van der Waals surface area contributed by atoms with E-state index < -0.39 is 12.0 Å². The molecule has 1 saturated heterocycles. The number of ether oxygens (including phenoxy) is 2. The predicted octanol–water partition coefficient (Wildman–Crippen LogP) is 1.97. The molecule has 8 heteroatoms. The minimum atomic E-state index is -0.772. The number of aromatic amines is 1. The minimum absolute atomic E-state index is 0.130. The first kappa shape index (κ1) is 19.4. The average Bonchev–Trinajstić information content (AvgIpc) is 3.31. The highest BCUT2D eigenvalue weighted by Crippen LogP contribution is 2.33. The van der Waals surface area contributed by atoms with Crippen LogP contribution in [-0.4, -0.2) is 64.0 Å². The maximum Gasteiger partial charge on any atom is 0.163 e. The molecule has 1 aliphatic carbocycles. The molecule has 2 aliphatic rings. The number of β-amino-alcohol motifs (C(OH)–C–C–N with tert-alkyl or cyclic N) is 1. The smallest absolute Gasteiger partial charge is 0.163 e. The number of H-pyrrole nitrogens is 1. The van der Waals surface area contributed by atoms with Gasteiger partial charge in [-0.25, -0.2) is 4.98 Å². The lowest BCUT2D eigenvalue weighted by molar-refractivity contribution is 0.118.